The molecule has 0 saturated carbocycles. The Hall–Kier alpha value is -2.76. The minimum absolute atomic E-state index is 0.477. The fraction of sp³-hybridized carbons (Fsp3) is 0.231. The van der Waals surface area contributed by atoms with Gasteiger partial charge in [-0.15, -0.1) is 0 Å². The molecule has 4 rings (SSSR count). The smallest absolute Gasteiger partial charge is 0.289 e. The predicted octanol–water partition coefficient (Wildman–Crippen LogP) is 6.97. The largest absolute Gasteiger partial charge is 0.538 e. The first-order chi connectivity index (χ1) is 13.5. The molecular weight excluding hydrogens is 356 g/mol. The molecule has 0 aliphatic carbocycles. The van der Waals surface area contributed by atoms with Crippen LogP contribution in [0, 0.1) is 11.8 Å². The Bertz CT molecular complexity index is 1100. The van der Waals surface area contributed by atoms with Gasteiger partial charge in [0.25, 0.3) is 8.32 Å². The van der Waals surface area contributed by atoms with E-state index in [2.05, 4.69) is 112 Å². The van der Waals surface area contributed by atoms with E-state index in [4.69, 9.17) is 4.43 Å². The minimum Gasteiger partial charge on any atom is -0.538 e. The van der Waals surface area contributed by atoms with Crippen LogP contribution in [0.25, 0.3) is 16.0 Å². The van der Waals surface area contributed by atoms with Gasteiger partial charge in [-0.2, -0.15) is 0 Å². The molecule has 0 radical (unpaired) electrons. The number of rotatable bonds is 2. The molecule has 1 aliphatic rings. The fourth-order valence-electron chi connectivity index (χ4n) is 4.46. The zero-order chi connectivity index (χ0) is 19.7. The summed E-state index contributed by atoms with van der Waals surface area (Å²) in [5.74, 6) is 7.81. The second-order valence-electron chi connectivity index (χ2n) is 8.05. The summed E-state index contributed by atoms with van der Waals surface area (Å²) in [6.07, 6.45) is 2.14. The highest BCUT2D eigenvalue weighted by atomic mass is 28.4. The molecular formula is C26H26OSi. The van der Waals surface area contributed by atoms with E-state index >= 15 is 0 Å². The van der Waals surface area contributed by atoms with Gasteiger partial charge in [0.15, 0.2) is 0 Å². The van der Waals surface area contributed by atoms with Gasteiger partial charge >= 0.3 is 0 Å². The van der Waals surface area contributed by atoms with E-state index in [0.29, 0.717) is 11.1 Å². The third-order valence-corrected chi connectivity index (χ3v) is 11.0. The van der Waals surface area contributed by atoms with Crippen LogP contribution < -0.4 is 4.43 Å². The van der Waals surface area contributed by atoms with Gasteiger partial charge in [0.2, 0.25) is 0 Å². The quantitative estimate of drug-likeness (QED) is 0.343. The van der Waals surface area contributed by atoms with E-state index in [9.17, 15) is 0 Å². The van der Waals surface area contributed by atoms with E-state index in [1.165, 1.54) is 21.5 Å². The van der Waals surface area contributed by atoms with Gasteiger partial charge < -0.3 is 4.43 Å². The topological polar surface area (TPSA) is 9.23 Å². The van der Waals surface area contributed by atoms with Crippen molar-refractivity contribution >= 4 is 24.3 Å². The van der Waals surface area contributed by atoms with Crippen molar-refractivity contribution in [3.05, 3.63) is 83.9 Å². The molecule has 2 heteroatoms. The standard InChI is InChI=1S/C26H26OSi/c1-19(2)28(20(3)4)26(24-16-7-8-17-25(24)27-28)18-10-14-22-13-9-12-21-11-5-6-15-23(21)22/h5-9,11-13,15-20H,1-4H3/b26-18+. The van der Waals surface area contributed by atoms with Gasteiger partial charge in [-0.05, 0) is 45.3 Å². The summed E-state index contributed by atoms with van der Waals surface area (Å²) in [4.78, 5) is 0. The second-order valence-corrected chi connectivity index (χ2v) is 12.7. The zero-order valence-electron chi connectivity index (χ0n) is 17.0. The Morgan fingerprint density at radius 3 is 2.29 bits per heavy atom. The van der Waals surface area contributed by atoms with Crippen LogP contribution in [0.15, 0.2) is 72.8 Å². The molecule has 140 valence electrons. The van der Waals surface area contributed by atoms with Crippen LogP contribution >= 0.6 is 0 Å². The lowest BCUT2D eigenvalue weighted by Gasteiger charge is -2.34. The summed E-state index contributed by atoms with van der Waals surface area (Å²) in [6, 6.07) is 23.2. The summed E-state index contributed by atoms with van der Waals surface area (Å²) < 4.78 is 6.71. The van der Waals surface area contributed by atoms with E-state index in [1.54, 1.807) is 0 Å². The average Bonchev–Trinajstić information content (AvgIpc) is 3.04. The van der Waals surface area contributed by atoms with Crippen molar-refractivity contribution in [1.82, 2.24) is 0 Å². The van der Waals surface area contributed by atoms with Gasteiger partial charge in [-0.25, -0.2) is 0 Å². The average molecular weight is 383 g/mol. The fourth-order valence-corrected chi connectivity index (χ4v) is 9.09. The lowest BCUT2D eigenvalue weighted by Crippen LogP contribution is -2.46. The Kier molecular flexibility index (Phi) is 4.87. The number of allylic oxidation sites excluding steroid dienone is 1. The molecule has 1 heterocycles. The summed E-state index contributed by atoms with van der Waals surface area (Å²) in [5.41, 5.74) is 3.25. The molecule has 0 unspecified atom stereocenters. The summed E-state index contributed by atoms with van der Waals surface area (Å²) in [5, 5.41) is 3.76. The molecule has 0 atom stereocenters. The molecule has 3 aromatic carbocycles. The van der Waals surface area contributed by atoms with E-state index < -0.39 is 8.32 Å². The highest BCUT2D eigenvalue weighted by molar-refractivity contribution is 6.95. The molecule has 0 N–H and O–H groups in total. The summed E-state index contributed by atoms with van der Waals surface area (Å²) >= 11 is 0. The predicted molar refractivity (Wildman–Crippen MR) is 122 cm³/mol. The van der Waals surface area contributed by atoms with E-state index in [-0.39, 0.29) is 0 Å². The second kappa shape index (κ2) is 7.34. The Morgan fingerprint density at radius 1 is 0.821 bits per heavy atom. The van der Waals surface area contributed by atoms with E-state index in [0.717, 1.165) is 11.3 Å². The van der Waals surface area contributed by atoms with Gasteiger partial charge in [0, 0.05) is 11.1 Å². The summed E-state index contributed by atoms with van der Waals surface area (Å²) in [6.45, 7) is 9.18. The highest BCUT2D eigenvalue weighted by Gasteiger charge is 2.52. The lowest BCUT2D eigenvalue weighted by atomic mass is 10.1. The maximum atomic E-state index is 6.71. The Morgan fingerprint density at radius 2 is 1.50 bits per heavy atom. The van der Waals surface area contributed by atoms with Crippen LogP contribution in [0.4, 0.5) is 0 Å². The number of hydrogen-bond donors (Lipinski definition) is 0. The Labute approximate surface area is 169 Å². The highest BCUT2D eigenvalue weighted by Crippen LogP contribution is 2.51. The van der Waals surface area contributed by atoms with Gasteiger partial charge in [-0.1, -0.05) is 94.1 Å². The number of para-hydroxylation sites is 1. The number of hydrogen-bond acceptors (Lipinski definition) is 1. The van der Waals surface area contributed by atoms with Gasteiger partial charge in [-0.3, -0.25) is 0 Å². The van der Waals surface area contributed by atoms with Crippen molar-refractivity contribution in [1.29, 1.82) is 0 Å². The maximum Gasteiger partial charge on any atom is 0.289 e. The van der Waals surface area contributed by atoms with Crippen molar-refractivity contribution in [2.75, 3.05) is 0 Å². The third-order valence-electron chi connectivity index (χ3n) is 5.81. The molecule has 0 aromatic heterocycles. The first-order valence-corrected chi connectivity index (χ1v) is 12.1. The first-order valence-electron chi connectivity index (χ1n) is 10.0. The lowest BCUT2D eigenvalue weighted by molar-refractivity contribution is 0.530. The van der Waals surface area contributed by atoms with Crippen molar-refractivity contribution in [2.45, 2.75) is 38.8 Å². The maximum absolute atomic E-state index is 6.71. The molecule has 28 heavy (non-hydrogen) atoms. The third kappa shape index (κ3) is 2.97. The summed E-state index contributed by atoms with van der Waals surface area (Å²) in [7, 11) is -2.15. The van der Waals surface area contributed by atoms with Gasteiger partial charge in [0.05, 0.1) is 0 Å². The molecule has 0 amide bonds. The van der Waals surface area contributed by atoms with Crippen molar-refractivity contribution in [3.8, 4) is 17.6 Å². The van der Waals surface area contributed by atoms with Crippen molar-refractivity contribution in [2.24, 2.45) is 0 Å². The van der Waals surface area contributed by atoms with Crippen LogP contribution in [0.2, 0.25) is 11.1 Å². The zero-order valence-corrected chi connectivity index (χ0v) is 18.0. The minimum atomic E-state index is -2.15. The molecule has 0 spiro atoms. The Balaban J connectivity index is 1.84. The first kappa shape index (κ1) is 18.6. The molecule has 3 aromatic rings. The van der Waals surface area contributed by atoms with Crippen LogP contribution in [-0.4, -0.2) is 8.32 Å². The molecule has 0 bridgehead atoms. The SMILES string of the molecule is CC(C)[Si]1(C(C)C)Oc2ccccc2/C1=C\C#Cc1cccc2ccccc12. The molecule has 0 fully saturated rings. The number of fused-ring (bicyclic) bond motifs is 2. The van der Waals surface area contributed by atoms with Crippen molar-refractivity contribution < 1.29 is 4.43 Å². The monoisotopic (exact) mass is 382 g/mol. The normalized spacial score (nSPS) is 16.1. The van der Waals surface area contributed by atoms with Crippen LogP contribution in [-0.2, 0) is 0 Å². The number of benzene rings is 3. The van der Waals surface area contributed by atoms with Crippen molar-refractivity contribution in [3.63, 3.8) is 0 Å². The molecule has 1 nitrogen and oxygen atoms in total. The van der Waals surface area contributed by atoms with Crippen LogP contribution in [0.1, 0.15) is 38.8 Å². The van der Waals surface area contributed by atoms with Crippen LogP contribution in [0.5, 0.6) is 5.75 Å². The van der Waals surface area contributed by atoms with Gasteiger partial charge in [0.1, 0.15) is 5.75 Å². The molecule has 0 saturated heterocycles. The van der Waals surface area contributed by atoms with E-state index in [1.807, 2.05) is 0 Å². The molecule has 1 aliphatic heterocycles. The van der Waals surface area contributed by atoms with Crippen LogP contribution in [0.3, 0.4) is 0 Å².